The molecule has 1 unspecified atom stereocenters. The molecule has 1 aromatic rings. The molecule has 2 saturated heterocycles. The second-order valence-corrected chi connectivity index (χ2v) is 19.4. The largest absolute Gasteiger partial charge is 0.457 e. The Labute approximate surface area is 360 Å². The summed E-state index contributed by atoms with van der Waals surface area (Å²) in [4.78, 5) is 68.5. The molecule has 2 fully saturated rings. The number of nitrogens with one attached hydrogen (secondary N) is 1. The zero-order chi connectivity index (χ0) is 43.8. The Morgan fingerprint density at radius 2 is 1.90 bits per heavy atom. The summed E-state index contributed by atoms with van der Waals surface area (Å²) in [5.41, 5.74) is -0.782. The maximum atomic E-state index is 14.2. The Morgan fingerprint density at radius 3 is 2.56 bits per heavy atom. The minimum absolute atomic E-state index is 0.104. The molecule has 14 nitrogen and oxygen atoms in total. The maximum Gasteiger partial charge on any atom is 0.409 e. The summed E-state index contributed by atoms with van der Waals surface area (Å²) in [5.74, 6) is -2.27. The quantitative estimate of drug-likeness (QED) is 0.0792. The molecule has 9 atom stereocenters. The van der Waals surface area contributed by atoms with E-state index in [0.717, 1.165) is 17.6 Å². The number of esters is 1. The number of carbonyl (C=O) groups excluding carboxylic acids is 5. The number of hydrogen-bond donors (Lipinski definition) is 4. The maximum absolute atomic E-state index is 14.2. The lowest BCUT2D eigenvalue weighted by molar-refractivity contribution is -0.161. The van der Waals surface area contributed by atoms with Crippen LogP contribution in [0.15, 0.2) is 35.9 Å². The molecule has 0 aliphatic carbocycles. The van der Waals surface area contributed by atoms with E-state index in [1.165, 1.54) is 27.6 Å². The van der Waals surface area contributed by atoms with Gasteiger partial charge in [-0.1, -0.05) is 83.8 Å². The second-order valence-electron chi connectivity index (χ2n) is 16.1. The van der Waals surface area contributed by atoms with E-state index in [0.29, 0.717) is 36.3 Å². The van der Waals surface area contributed by atoms with Crippen LogP contribution in [0.25, 0.3) is 0 Å². The molecule has 4 bridgehead atoms. The molecule has 0 aromatic heterocycles. The SMILES string of the molecule is CCC(=O)CCC(C)SSCCC(=O)N(C)[C@@H](C)C(=O)O[C@H]1CC(=O)N(C)c2cc(cc(CO)c2Cl)C/C(C)=C/C=C/[C@@H](CO)[C@@]2(O)C[C@H](OC(=O)N2)[C@@H](C)[C@@H]2O[C@@]12C. The van der Waals surface area contributed by atoms with Crippen molar-refractivity contribution in [2.75, 3.05) is 31.4 Å². The lowest BCUT2D eigenvalue weighted by Crippen LogP contribution is -2.62. The average Bonchev–Trinajstić information content (AvgIpc) is 3.90. The summed E-state index contributed by atoms with van der Waals surface area (Å²) in [6.07, 6.45) is 3.33. The van der Waals surface area contributed by atoms with Gasteiger partial charge in [-0.3, -0.25) is 19.7 Å². The molecule has 4 N–H and O–H groups in total. The number of aliphatic hydroxyl groups excluding tert-OH is 2. The van der Waals surface area contributed by atoms with E-state index in [9.17, 15) is 39.3 Å². The van der Waals surface area contributed by atoms with Crippen LogP contribution >= 0.6 is 33.2 Å². The number of ketones is 1. The highest BCUT2D eigenvalue weighted by atomic mass is 35.5. The summed E-state index contributed by atoms with van der Waals surface area (Å²) in [6, 6.07) is 2.47. The number of epoxide rings is 1. The van der Waals surface area contributed by atoms with Crippen LogP contribution in [0, 0.1) is 11.8 Å². The van der Waals surface area contributed by atoms with Crippen molar-refractivity contribution in [1.29, 1.82) is 0 Å². The van der Waals surface area contributed by atoms with Crippen LogP contribution in [0.2, 0.25) is 5.02 Å². The number of fused-ring (bicyclic) bond motifs is 5. The molecule has 3 heterocycles. The van der Waals surface area contributed by atoms with Crippen molar-refractivity contribution in [3.63, 3.8) is 0 Å². The number of hydrogen-bond acceptors (Lipinski definition) is 13. The molecule has 3 amide bonds. The second kappa shape index (κ2) is 21.1. The lowest BCUT2D eigenvalue weighted by atomic mass is 9.81. The van der Waals surface area contributed by atoms with Gasteiger partial charge < -0.3 is 39.3 Å². The summed E-state index contributed by atoms with van der Waals surface area (Å²) in [6.45, 7) is 9.90. The van der Waals surface area contributed by atoms with Gasteiger partial charge in [0.15, 0.2) is 5.72 Å². The van der Waals surface area contributed by atoms with Crippen molar-refractivity contribution in [2.45, 2.75) is 134 Å². The fourth-order valence-corrected chi connectivity index (χ4v) is 9.99. The first-order chi connectivity index (χ1) is 27.8. The fourth-order valence-electron chi connectivity index (χ4n) is 7.37. The number of aliphatic hydroxyl groups is 3. The van der Waals surface area contributed by atoms with E-state index < -0.39 is 72.1 Å². The Morgan fingerprint density at radius 1 is 1.19 bits per heavy atom. The number of allylic oxidation sites excluding steroid dienone is 3. The molecule has 4 rings (SSSR count). The van der Waals surface area contributed by atoms with Gasteiger partial charge in [0.2, 0.25) is 11.8 Å². The van der Waals surface area contributed by atoms with E-state index in [4.69, 9.17) is 25.8 Å². The van der Waals surface area contributed by atoms with Crippen molar-refractivity contribution in [3.8, 4) is 0 Å². The van der Waals surface area contributed by atoms with Gasteiger partial charge in [0.1, 0.15) is 29.6 Å². The van der Waals surface area contributed by atoms with Gasteiger partial charge in [0.05, 0.1) is 36.4 Å². The van der Waals surface area contributed by atoms with Crippen molar-refractivity contribution >= 4 is 68.5 Å². The molecule has 3 aliphatic heterocycles. The van der Waals surface area contributed by atoms with Crippen LogP contribution in [-0.4, -0.2) is 117 Å². The summed E-state index contributed by atoms with van der Waals surface area (Å²) in [7, 11) is 6.21. The van der Waals surface area contributed by atoms with Crippen LogP contribution in [0.4, 0.5) is 10.5 Å². The van der Waals surface area contributed by atoms with E-state index in [1.807, 2.05) is 20.8 Å². The first-order valence-corrected chi connectivity index (χ1v) is 22.8. The number of rotatable bonds is 14. The van der Waals surface area contributed by atoms with Gasteiger partial charge >= 0.3 is 12.1 Å². The fraction of sp³-hybridized carbons (Fsp3) is 0.643. The molecule has 59 heavy (non-hydrogen) atoms. The van der Waals surface area contributed by atoms with E-state index in [2.05, 4.69) is 5.32 Å². The standard InChI is InChI=1S/C42H60ClN3O11S2/c1-9-31(49)14-13-25(3)59-58-16-15-35(50)45(7)27(5)39(52)56-34-20-36(51)46(8)32-19-28(18-29(22-47)37(32)43)17-24(2)11-10-12-30(23-48)42(54)21-33(55-40(53)44-42)26(4)38-41(34,6)57-38/h10-12,18-19,25-27,30,33-34,38,47-48,54H,9,13-17,20-23H2,1-8H3,(H,44,53)/b12-10+,24-11+/t25?,26-,27+,30+,33+,34+,38+,41+,42+/m1/s1. The predicted molar refractivity (Wildman–Crippen MR) is 229 cm³/mol. The van der Waals surface area contributed by atoms with E-state index >= 15 is 0 Å². The van der Waals surface area contributed by atoms with Crippen molar-refractivity contribution in [3.05, 3.63) is 52.1 Å². The number of ether oxygens (including phenoxy) is 3. The molecule has 17 heteroatoms. The normalized spacial score (nSPS) is 29.8. The zero-order valence-corrected chi connectivity index (χ0v) is 37.6. The van der Waals surface area contributed by atoms with Crippen molar-refractivity contribution < 1.29 is 53.5 Å². The van der Waals surface area contributed by atoms with Crippen molar-refractivity contribution in [2.24, 2.45) is 11.8 Å². The predicted octanol–water partition coefficient (Wildman–Crippen LogP) is 5.51. The number of carbonyl (C=O) groups is 5. The third-order valence-electron chi connectivity index (χ3n) is 11.6. The first kappa shape index (κ1) is 48.5. The average molecular weight is 883 g/mol. The van der Waals surface area contributed by atoms with E-state index in [1.54, 1.807) is 69.0 Å². The summed E-state index contributed by atoms with van der Waals surface area (Å²) >= 11 is 6.74. The summed E-state index contributed by atoms with van der Waals surface area (Å²) in [5, 5.41) is 35.2. The highest BCUT2D eigenvalue weighted by Gasteiger charge is 2.64. The number of nitrogens with zero attached hydrogens (tertiary/aromatic N) is 2. The smallest absolute Gasteiger partial charge is 0.409 e. The molecular weight excluding hydrogens is 822 g/mol. The molecule has 0 radical (unpaired) electrons. The number of benzene rings is 1. The van der Waals surface area contributed by atoms with Crippen LogP contribution in [0.1, 0.15) is 91.2 Å². The molecule has 1 aromatic carbocycles. The lowest BCUT2D eigenvalue weighted by Gasteiger charge is -2.42. The van der Waals surface area contributed by atoms with Crippen LogP contribution in [-0.2, 0) is 46.4 Å². The van der Waals surface area contributed by atoms with Crippen LogP contribution in [0.3, 0.4) is 0 Å². The third-order valence-corrected chi connectivity index (χ3v) is 15.0. The zero-order valence-electron chi connectivity index (χ0n) is 35.2. The molecular formula is C42H60ClN3O11S2. The number of amides is 3. The number of alkyl carbamates (subject to hydrolysis) is 1. The number of likely N-dealkylation sites (N-methyl/N-ethyl adjacent to an activating group) is 1. The number of anilines is 1. The van der Waals surface area contributed by atoms with E-state index in [-0.39, 0.29) is 47.8 Å². The molecule has 0 spiro atoms. The van der Waals surface area contributed by atoms with Gasteiger partial charge in [-0.15, -0.1) is 0 Å². The Bertz CT molecular complexity index is 1780. The van der Waals surface area contributed by atoms with Gasteiger partial charge in [0, 0.05) is 62.6 Å². The molecule has 3 aliphatic rings. The monoisotopic (exact) mass is 881 g/mol. The first-order valence-electron chi connectivity index (χ1n) is 20.1. The molecule has 328 valence electrons. The van der Waals surface area contributed by atoms with Crippen molar-refractivity contribution in [1.82, 2.24) is 10.2 Å². The Balaban J connectivity index is 1.61. The van der Waals surface area contributed by atoms with Crippen LogP contribution in [0.5, 0.6) is 0 Å². The van der Waals surface area contributed by atoms with Crippen LogP contribution < -0.4 is 10.2 Å². The Kier molecular flexibility index (Phi) is 17.4. The number of Topliss-reactive ketones (excluding diaryl/α,β-unsaturated/α-hetero) is 1. The number of halogens is 1. The van der Waals surface area contributed by atoms with Gasteiger partial charge in [0.25, 0.3) is 0 Å². The highest BCUT2D eigenvalue weighted by molar-refractivity contribution is 8.76. The summed E-state index contributed by atoms with van der Waals surface area (Å²) < 4.78 is 18.0. The Hall–Kier alpha value is -3.12. The third kappa shape index (κ3) is 12.3. The van der Waals surface area contributed by atoms with Gasteiger partial charge in [-0.25, -0.2) is 9.59 Å². The highest BCUT2D eigenvalue weighted by Crippen LogP contribution is 2.49. The molecule has 0 saturated carbocycles. The minimum Gasteiger partial charge on any atom is -0.457 e. The van der Waals surface area contributed by atoms with Gasteiger partial charge in [-0.05, 0) is 50.8 Å². The topological polar surface area (TPSA) is 196 Å². The van der Waals surface area contributed by atoms with Gasteiger partial charge in [-0.2, -0.15) is 0 Å². The minimum atomic E-state index is -1.88.